The summed E-state index contributed by atoms with van der Waals surface area (Å²) in [5, 5.41) is 3.00. The van der Waals surface area contributed by atoms with Crippen molar-refractivity contribution in [3.8, 4) is 0 Å². The minimum atomic E-state index is -4.47. The number of nitrogens with one attached hydrogen (secondary N) is 1. The first-order chi connectivity index (χ1) is 11.9. The first-order valence-electron chi connectivity index (χ1n) is 7.59. The Morgan fingerprint density at radius 3 is 2.60 bits per heavy atom. The molecule has 1 unspecified atom stereocenters. The molecule has 1 saturated heterocycles. The predicted octanol–water partition coefficient (Wildman–Crippen LogP) is 3.31. The van der Waals surface area contributed by atoms with Crippen LogP contribution in [0.3, 0.4) is 0 Å². The molecule has 2 aromatic carbocycles. The Balaban J connectivity index is 2.19. The van der Waals surface area contributed by atoms with Crippen molar-refractivity contribution in [2.75, 3.05) is 20.4 Å². The van der Waals surface area contributed by atoms with Crippen LogP contribution in [0.5, 0.6) is 0 Å². The normalized spacial score (nSPS) is 20.5. The van der Waals surface area contributed by atoms with Gasteiger partial charge in [0.25, 0.3) is 0 Å². The molecular weight excluding hydrogens is 335 g/mol. The van der Waals surface area contributed by atoms with Crippen LogP contribution in [0, 0.1) is 0 Å². The van der Waals surface area contributed by atoms with Gasteiger partial charge in [0.15, 0.2) is 0 Å². The number of methoxy groups -OCH3 is 1. The molecule has 0 aliphatic carbocycles. The van der Waals surface area contributed by atoms with E-state index in [1.54, 1.807) is 30.3 Å². The van der Waals surface area contributed by atoms with Crippen molar-refractivity contribution >= 4 is 5.97 Å². The van der Waals surface area contributed by atoms with Gasteiger partial charge in [0.2, 0.25) is 0 Å². The van der Waals surface area contributed by atoms with E-state index in [9.17, 15) is 18.0 Å². The Morgan fingerprint density at radius 2 is 1.96 bits per heavy atom. The molecule has 1 fully saturated rings. The highest BCUT2D eigenvalue weighted by Crippen LogP contribution is 2.40. The Labute approximate surface area is 142 Å². The number of benzene rings is 2. The van der Waals surface area contributed by atoms with Gasteiger partial charge in [-0.1, -0.05) is 30.3 Å². The summed E-state index contributed by atoms with van der Waals surface area (Å²) in [7, 11) is 1.25. The minimum Gasteiger partial charge on any atom is -0.465 e. The molecule has 0 bridgehead atoms. The predicted molar refractivity (Wildman–Crippen MR) is 84.0 cm³/mol. The van der Waals surface area contributed by atoms with Crippen LogP contribution >= 0.6 is 0 Å². The van der Waals surface area contributed by atoms with Crippen molar-refractivity contribution in [3.05, 3.63) is 70.8 Å². The molecule has 7 heteroatoms. The molecule has 1 atom stereocenters. The Morgan fingerprint density at radius 1 is 1.20 bits per heavy atom. The van der Waals surface area contributed by atoms with Gasteiger partial charge in [0.1, 0.15) is 5.60 Å². The number of carbonyl (C=O) groups excluding carboxylic acids is 1. The average molecular weight is 351 g/mol. The van der Waals surface area contributed by atoms with E-state index < -0.39 is 23.3 Å². The summed E-state index contributed by atoms with van der Waals surface area (Å²) < 4.78 is 50.0. The number of hydrogen-bond acceptors (Lipinski definition) is 4. The monoisotopic (exact) mass is 351 g/mol. The lowest BCUT2D eigenvalue weighted by Gasteiger charge is -2.30. The van der Waals surface area contributed by atoms with Crippen molar-refractivity contribution in [1.82, 2.24) is 5.32 Å². The molecule has 1 aliphatic heterocycles. The average Bonchev–Trinajstić information content (AvgIpc) is 3.11. The van der Waals surface area contributed by atoms with Crippen LogP contribution in [0.15, 0.2) is 48.5 Å². The lowest BCUT2D eigenvalue weighted by atomic mass is 9.83. The van der Waals surface area contributed by atoms with Crippen LogP contribution < -0.4 is 5.32 Å². The van der Waals surface area contributed by atoms with E-state index in [4.69, 9.17) is 9.47 Å². The number of carbonyl (C=O) groups is 1. The zero-order chi connectivity index (χ0) is 18.1. The second kappa shape index (κ2) is 6.50. The highest BCUT2D eigenvalue weighted by molar-refractivity contribution is 5.91. The lowest BCUT2D eigenvalue weighted by molar-refractivity contribution is -0.137. The van der Waals surface area contributed by atoms with E-state index >= 15 is 0 Å². The van der Waals surface area contributed by atoms with Gasteiger partial charge >= 0.3 is 12.1 Å². The van der Waals surface area contributed by atoms with E-state index in [0.29, 0.717) is 11.1 Å². The zero-order valence-corrected chi connectivity index (χ0v) is 13.4. The van der Waals surface area contributed by atoms with Gasteiger partial charge in [0, 0.05) is 12.1 Å². The van der Waals surface area contributed by atoms with Crippen LogP contribution in [-0.4, -0.2) is 26.4 Å². The fourth-order valence-electron chi connectivity index (χ4n) is 3.04. The van der Waals surface area contributed by atoms with Crippen molar-refractivity contribution in [1.29, 1.82) is 0 Å². The maximum absolute atomic E-state index is 13.1. The second-order valence-electron chi connectivity index (χ2n) is 5.66. The van der Waals surface area contributed by atoms with Gasteiger partial charge in [-0.2, -0.15) is 13.2 Å². The van der Waals surface area contributed by atoms with E-state index in [1.165, 1.54) is 13.2 Å². The first kappa shape index (κ1) is 17.4. The minimum absolute atomic E-state index is 0.158. The molecule has 0 spiro atoms. The van der Waals surface area contributed by atoms with E-state index in [-0.39, 0.29) is 18.8 Å². The molecule has 3 rings (SSSR count). The van der Waals surface area contributed by atoms with Crippen molar-refractivity contribution in [2.45, 2.75) is 11.8 Å². The number of alkyl halides is 3. The summed E-state index contributed by atoms with van der Waals surface area (Å²) in [6.45, 7) is 0.397. The van der Waals surface area contributed by atoms with E-state index in [1.807, 2.05) is 0 Å². The van der Waals surface area contributed by atoms with Crippen molar-refractivity contribution in [3.63, 3.8) is 0 Å². The van der Waals surface area contributed by atoms with Crippen molar-refractivity contribution in [2.24, 2.45) is 0 Å². The molecule has 2 aromatic rings. The number of ether oxygens (including phenoxy) is 2. The lowest BCUT2D eigenvalue weighted by Crippen LogP contribution is -2.34. The van der Waals surface area contributed by atoms with Crippen LogP contribution in [0.4, 0.5) is 13.2 Å². The summed E-state index contributed by atoms with van der Waals surface area (Å²) in [5.74, 6) is -0.572. The smallest absolute Gasteiger partial charge is 0.416 e. The third-order valence-corrected chi connectivity index (χ3v) is 4.22. The summed E-state index contributed by atoms with van der Waals surface area (Å²) in [4.78, 5) is 12.1. The van der Waals surface area contributed by atoms with Crippen LogP contribution in [-0.2, 0) is 21.3 Å². The highest BCUT2D eigenvalue weighted by atomic mass is 19.4. The number of rotatable bonds is 3. The van der Waals surface area contributed by atoms with Crippen molar-refractivity contribution < 1.29 is 27.4 Å². The molecule has 0 aromatic heterocycles. The Bertz CT molecular complexity index is 783. The molecule has 0 radical (unpaired) electrons. The third kappa shape index (κ3) is 3.12. The fraction of sp³-hybridized carbons (Fsp3) is 0.278. The van der Waals surface area contributed by atoms with Gasteiger partial charge in [-0.3, -0.25) is 5.32 Å². The maximum atomic E-state index is 13.1. The largest absolute Gasteiger partial charge is 0.465 e. The SMILES string of the molecule is COC(=O)c1ccccc1C1(c2cccc(C(F)(F)F)c2)CNCO1. The molecule has 0 saturated carbocycles. The molecule has 4 nitrogen and oxygen atoms in total. The summed E-state index contributed by atoms with van der Waals surface area (Å²) >= 11 is 0. The summed E-state index contributed by atoms with van der Waals surface area (Å²) in [6.07, 6.45) is -4.47. The van der Waals surface area contributed by atoms with Crippen LogP contribution in [0.1, 0.15) is 27.0 Å². The molecule has 1 heterocycles. The van der Waals surface area contributed by atoms with Gasteiger partial charge in [-0.15, -0.1) is 0 Å². The Hall–Kier alpha value is -2.38. The van der Waals surface area contributed by atoms with Gasteiger partial charge < -0.3 is 9.47 Å². The van der Waals surface area contributed by atoms with Gasteiger partial charge in [0.05, 0.1) is 25.0 Å². The number of esters is 1. The quantitative estimate of drug-likeness (QED) is 0.862. The topological polar surface area (TPSA) is 47.6 Å². The first-order valence-corrected chi connectivity index (χ1v) is 7.59. The third-order valence-electron chi connectivity index (χ3n) is 4.22. The van der Waals surface area contributed by atoms with E-state index in [2.05, 4.69) is 5.32 Å². The number of hydrogen-bond donors (Lipinski definition) is 1. The zero-order valence-electron chi connectivity index (χ0n) is 13.4. The molecule has 0 amide bonds. The second-order valence-corrected chi connectivity index (χ2v) is 5.66. The van der Waals surface area contributed by atoms with Crippen LogP contribution in [0.2, 0.25) is 0 Å². The summed E-state index contributed by atoms with van der Waals surface area (Å²) in [6, 6.07) is 11.6. The number of halogens is 3. The highest BCUT2D eigenvalue weighted by Gasteiger charge is 2.43. The standard InChI is InChI=1S/C18H16F3NO3/c1-24-16(23)14-7-2-3-8-15(14)17(10-22-11-25-17)12-5-4-6-13(9-12)18(19,20)21/h2-9,22H,10-11H2,1H3. The molecule has 25 heavy (non-hydrogen) atoms. The Kier molecular flexibility index (Phi) is 4.53. The van der Waals surface area contributed by atoms with Gasteiger partial charge in [-0.05, 0) is 23.8 Å². The summed E-state index contributed by atoms with van der Waals surface area (Å²) in [5.41, 5.74) is -0.928. The maximum Gasteiger partial charge on any atom is 0.416 e. The molecule has 132 valence electrons. The fourth-order valence-corrected chi connectivity index (χ4v) is 3.04. The van der Waals surface area contributed by atoms with Gasteiger partial charge in [-0.25, -0.2) is 4.79 Å². The van der Waals surface area contributed by atoms with E-state index in [0.717, 1.165) is 12.1 Å². The van der Waals surface area contributed by atoms with Crippen LogP contribution in [0.25, 0.3) is 0 Å². The molecular formula is C18H16F3NO3. The molecule has 1 aliphatic rings. The molecule has 1 N–H and O–H groups in total.